The van der Waals surface area contributed by atoms with Crippen LogP contribution in [0.5, 0.6) is 11.5 Å². The Bertz CT molecular complexity index is 1430. The molecule has 2 amide bonds. The van der Waals surface area contributed by atoms with Crippen LogP contribution in [0.2, 0.25) is 0 Å². The lowest BCUT2D eigenvalue weighted by molar-refractivity contribution is -0.137. The molecule has 1 fully saturated rings. The molecule has 2 aliphatic heterocycles. The number of aliphatic imine (C=N–C) groups is 1. The van der Waals surface area contributed by atoms with Crippen LogP contribution >= 0.6 is 27.7 Å². The summed E-state index contributed by atoms with van der Waals surface area (Å²) in [5, 5.41) is 2.07. The van der Waals surface area contributed by atoms with Crippen molar-refractivity contribution in [2.45, 2.75) is 24.4 Å². The fraction of sp³-hybridized carbons (Fsp3) is 0.192. The molecule has 0 aromatic heterocycles. The van der Waals surface area contributed by atoms with Gasteiger partial charge in [0.15, 0.2) is 16.7 Å². The van der Waals surface area contributed by atoms with Crippen LogP contribution < -0.4 is 14.8 Å². The smallest absolute Gasteiger partial charge is 0.416 e. The largest absolute Gasteiger partial charge is 0.454 e. The highest BCUT2D eigenvalue weighted by atomic mass is 79.9. The molecule has 0 spiro atoms. The zero-order valence-corrected chi connectivity index (χ0v) is 21.9. The van der Waals surface area contributed by atoms with Crippen LogP contribution in [0.3, 0.4) is 0 Å². The van der Waals surface area contributed by atoms with E-state index in [1.807, 2.05) is 6.07 Å². The van der Waals surface area contributed by atoms with Crippen LogP contribution in [-0.4, -0.2) is 33.9 Å². The van der Waals surface area contributed by atoms with Crippen LogP contribution in [0.25, 0.3) is 0 Å². The standard InChI is InChI=1S/C26H19BrF3N3O4S/c27-17-4-2-6-19(11-17)31-24(35)22-12-23(34)33(13-15-7-8-20-21(9-15)37-14-36-20)25(38-22)32-18-5-1-3-16(10-18)26(28,29)30/h1-11,22H,12-14H2,(H,31,35)/t22-/m0/s1. The summed E-state index contributed by atoms with van der Waals surface area (Å²) in [5.74, 6) is 0.306. The third-order valence-electron chi connectivity index (χ3n) is 5.70. The Kier molecular flexibility index (Phi) is 7.35. The molecule has 7 nitrogen and oxygen atoms in total. The summed E-state index contributed by atoms with van der Waals surface area (Å²) < 4.78 is 51.4. The van der Waals surface area contributed by atoms with Crippen molar-refractivity contribution in [3.8, 4) is 11.5 Å². The lowest BCUT2D eigenvalue weighted by Crippen LogP contribution is -2.44. The number of carbonyl (C=O) groups excluding carboxylic acids is 2. The third kappa shape index (κ3) is 5.97. The Balaban J connectivity index is 1.45. The number of ether oxygens (including phenoxy) is 2. The maximum Gasteiger partial charge on any atom is 0.416 e. The first-order valence-corrected chi connectivity index (χ1v) is 13.0. The highest BCUT2D eigenvalue weighted by Gasteiger charge is 2.36. The predicted octanol–water partition coefficient (Wildman–Crippen LogP) is 6.36. The molecule has 196 valence electrons. The molecule has 0 saturated carbocycles. The van der Waals surface area contributed by atoms with E-state index in [0.29, 0.717) is 22.7 Å². The second-order valence-electron chi connectivity index (χ2n) is 8.42. The molecule has 0 aliphatic carbocycles. The summed E-state index contributed by atoms with van der Waals surface area (Å²) in [6.45, 7) is 0.175. The van der Waals surface area contributed by atoms with Crippen LogP contribution in [0, 0.1) is 0 Å². The molecule has 2 heterocycles. The number of nitrogens with one attached hydrogen (secondary N) is 1. The van der Waals surface area contributed by atoms with Crippen molar-refractivity contribution in [2.24, 2.45) is 4.99 Å². The van der Waals surface area contributed by atoms with Crippen molar-refractivity contribution in [3.63, 3.8) is 0 Å². The van der Waals surface area contributed by atoms with Gasteiger partial charge in [-0.05, 0) is 54.1 Å². The topological polar surface area (TPSA) is 80.2 Å². The number of thioether (sulfide) groups is 1. The lowest BCUT2D eigenvalue weighted by atomic mass is 10.1. The molecule has 0 unspecified atom stereocenters. The number of amidine groups is 1. The number of carbonyl (C=O) groups is 2. The molecule has 3 aromatic carbocycles. The van der Waals surface area contributed by atoms with Gasteiger partial charge in [-0.15, -0.1) is 0 Å². The van der Waals surface area contributed by atoms with E-state index in [9.17, 15) is 22.8 Å². The van der Waals surface area contributed by atoms with Crippen molar-refractivity contribution in [3.05, 3.63) is 82.3 Å². The van der Waals surface area contributed by atoms with Gasteiger partial charge in [0.05, 0.1) is 17.8 Å². The molecule has 38 heavy (non-hydrogen) atoms. The summed E-state index contributed by atoms with van der Waals surface area (Å²) in [6, 6.07) is 16.7. The Morgan fingerprint density at radius 2 is 1.87 bits per heavy atom. The minimum atomic E-state index is -4.55. The number of amides is 2. The molecule has 2 aliphatic rings. The summed E-state index contributed by atoms with van der Waals surface area (Å²) in [6.07, 6.45) is -4.67. The van der Waals surface area contributed by atoms with E-state index in [1.54, 1.807) is 36.4 Å². The van der Waals surface area contributed by atoms with Crippen LogP contribution in [0.4, 0.5) is 24.5 Å². The number of hydrogen-bond acceptors (Lipinski definition) is 6. The number of alkyl halides is 3. The van der Waals surface area contributed by atoms with Gasteiger partial charge < -0.3 is 14.8 Å². The Hall–Kier alpha value is -3.51. The van der Waals surface area contributed by atoms with Gasteiger partial charge in [0.1, 0.15) is 5.25 Å². The van der Waals surface area contributed by atoms with Crippen molar-refractivity contribution >= 4 is 56.0 Å². The molecule has 1 saturated heterocycles. The maximum atomic E-state index is 13.3. The number of anilines is 1. The quantitative estimate of drug-likeness (QED) is 0.366. The second-order valence-corrected chi connectivity index (χ2v) is 10.5. The average Bonchev–Trinajstić information content (AvgIpc) is 3.33. The molecule has 5 rings (SSSR count). The predicted molar refractivity (Wildman–Crippen MR) is 140 cm³/mol. The fourth-order valence-electron chi connectivity index (χ4n) is 3.87. The number of benzene rings is 3. The zero-order chi connectivity index (χ0) is 26.9. The number of nitrogens with zero attached hydrogens (tertiary/aromatic N) is 2. The summed E-state index contributed by atoms with van der Waals surface area (Å²) in [5.41, 5.74) is 0.394. The normalized spacial score (nSPS) is 18.1. The van der Waals surface area contributed by atoms with Crippen LogP contribution in [0.1, 0.15) is 17.5 Å². The van der Waals surface area contributed by atoms with Gasteiger partial charge >= 0.3 is 6.18 Å². The van der Waals surface area contributed by atoms with Gasteiger partial charge in [0.2, 0.25) is 18.6 Å². The number of hydrogen-bond donors (Lipinski definition) is 1. The molecule has 3 aromatic rings. The van der Waals surface area contributed by atoms with Gasteiger partial charge in [0, 0.05) is 16.6 Å². The van der Waals surface area contributed by atoms with E-state index in [2.05, 4.69) is 26.2 Å². The summed E-state index contributed by atoms with van der Waals surface area (Å²) in [4.78, 5) is 32.1. The van der Waals surface area contributed by atoms with Crippen molar-refractivity contribution in [1.82, 2.24) is 4.90 Å². The van der Waals surface area contributed by atoms with Gasteiger partial charge in [-0.2, -0.15) is 13.2 Å². The molecule has 0 bridgehead atoms. The van der Waals surface area contributed by atoms with Gasteiger partial charge in [0.25, 0.3) is 0 Å². The molecule has 0 radical (unpaired) electrons. The number of fused-ring (bicyclic) bond motifs is 1. The molecule has 12 heteroatoms. The number of rotatable bonds is 5. The minimum absolute atomic E-state index is 0.0128. The van der Waals surface area contributed by atoms with Crippen molar-refractivity contribution in [1.29, 1.82) is 0 Å². The first-order valence-electron chi connectivity index (χ1n) is 11.3. The first kappa shape index (κ1) is 26.1. The monoisotopic (exact) mass is 605 g/mol. The van der Waals surface area contributed by atoms with E-state index < -0.39 is 22.9 Å². The zero-order valence-electron chi connectivity index (χ0n) is 19.5. The van der Waals surface area contributed by atoms with E-state index in [4.69, 9.17) is 9.47 Å². The lowest BCUT2D eigenvalue weighted by Gasteiger charge is -2.32. The Morgan fingerprint density at radius 3 is 2.66 bits per heavy atom. The van der Waals surface area contributed by atoms with E-state index in [-0.39, 0.29) is 36.5 Å². The maximum absolute atomic E-state index is 13.3. The van der Waals surface area contributed by atoms with Crippen molar-refractivity contribution < 1.29 is 32.2 Å². The fourth-order valence-corrected chi connectivity index (χ4v) is 5.37. The molecule has 1 N–H and O–H groups in total. The third-order valence-corrected chi connectivity index (χ3v) is 7.38. The average molecular weight is 606 g/mol. The SMILES string of the molecule is O=C(Nc1cccc(Br)c1)[C@@H]1CC(=O)N(Cc2ccc3c(c2)OCO3)C(=Nc2cccc(C(F)(F)F)c2)S1. The number of halogens is 4. The Labute approximate surface area is 228 Å². The summed E-state index contributed by atoms with van der Waals surface area (Å²) in [7, 11) is 0. The van der Waals surface area contributed by atoms with Gasteiger partial charge in [-0.3, -0.25) is 14.5 Å². The Morgan fingerprint density at radius 1 is 1.08 bits per heavy atom. The van der Waals surface area contributed by atoms with E-state index in [1.165, 1.54) is 17.0 Å². The molecular weight excluding hydrogens is 587 g/mol. The minimum Gasteiger partial charge on any atom is -0.454 e. The van der Waals surface area contributed by atoms with Gasteiger partial charge in [-0.25, -0.2) is 4.99 Å². The van der Waals surface area contributed by atoms with Gasteiger partial charge in [-0.1, -0.05) is 45.9 Å². The van der Waals surface area contributed by atoms with Crippen LogP contribution in [-0.2, 0) is 22.3 Å². The van der Waals surface area contributed by atoms with E-state index in [0.717, 1.165) is 28.4 Å². The second kappa shape index (κ2) is 10.7. The highest BCUT2D eigenvalue weighted by molar-refractivity contribution is 9.10. The molecule has 1 atom stereocenters. The highest BCUT2D eigenvalue weighted by Crippen LogP contribution is 2.36. The van der Waals surface area contributed by atoms with Crippen LogP contribution in [0.15, 0.2) is 76.2 Å². The molecular formula is C26H19BrF3N3O4S. The van der Waals surface area contributed by atoms with E-state index >= 15 is 0 Å². The van der Waals surface area contributed by atoms with Crippen molar-refractivity contribution in [2.75, 3.05) is 12.1 Å². The summed E-state index contributed by atoms with van der Waals surface area (Å²) >= 11 is 4.37. The first-order chi connectivity index (χ1) is 18.2.